The number of amides is 1. The smallest absolute Gasteiger partial charge is 0.221 e. The second-order valence-corrected chi connectivity index (χ2v) is 6.65. The van der Waals surface area contributed by atoms with Crippen molar-refractivity contribution in [2.45, 2.75) is 31.7 Å². The average Bonchev–Trinajstić information content (AvgIpc) is 3.10. The summed E-state index contributed by atoms with van der Waals surface area (Å²) in [5.74, 6) is 0.743. The van der Waals surface area contributed by atoms with E-state index in [1.54, 1.807) is 0 Å². The average molecular weight is 322 g/mol. The van der Waals surface area contributed by atoms with E-state index in [2.05, 4.69) is 52.7 Å². The van der Waals surface area contributed by atoms with Gasteiger partial charge in [0.05, 0.1) is 6.04 Å². The third-order valence-corrected chi connectivity index (χ3v) is 4.88. The molecule has 3 nitrogen and oxygen atoms in total. The minimum atomic E-state index is 0.0642. The van der Waals surface area contributed by atoms with Crippen molar-refractivity contribution in [2.75, 3.05) is 19.6 Å². The molecule has 1 aliphatic rings. The highest BCUT2D eigenvalue weighted by Crippen LogP contribution is 2.26. The highest BCUT2D eigenvalue weighted by molar-refractivity contribution is 5.76. The topological polar surface area (TPSA) is 32.3 Å². The van der Waals surface area contributed by atoms with Crippen molar-refractivity contribution >= 4 is 5.91 Å². The molecule has 0 aliphatic carbocycles. The van der Waals surface area contributed by atoms with Crippen molar-refractivity contribution in [1.29, 1.82) is 0 Å². The number of likely N-dealkylation sites (tertiary alicyclic amines) is 1. The van der Waals surface area contributed by atoms with Gasteiger partial charge >= 0.3 is 0 Å². The van der Waals surface area contributed by atoms with Crippen molar-refractivity contribution in [3.05, 3.63) is 71.8 Å². The third-order valence-electron chi connectivity index (χ3n) is 4.88. The molecule has 1 fully saturated rings. The van der Waals surface area contributed by atoms with Crippen LogP contribution < -0.4 is 5.32 Å². The fourth-order valence-corrected chi connectivity index (χ4v) is 3.43. The summed E-state index contributed by atoms with van der Waals surface area (Å²) >= 11 is 0. The molecular weight excluding hydrogens is 296 g/mol. The third kappa shape index (κ3) is 4.45. The molecule has 0 radical (unpaired) electrons. The van der Waals surface area contributed by atoms with Crippen LogP contribution in [0.4, 0.5) is 0 Å². The Labute approximate surface area is 144 Å². The monoisotopic (exact) mass is 322 g/mol. The van der Waals surface area contributed by atoms with Crippen LogP contribution in [0.15, 0.2) is 60.7 Å². The molecule has 0 unspecified atom stereocenters. The predicted molar refractivity (Wildman–Crippen MR) is 97.9 cm³/mol. The number of hydrogen-bond donors (Lipinski definition) is 1. The summed E-state index contributed by atoms with van der Waals surface area (Å²) in [6, 6.07) is 20.9. The molecule has 0 saturated carbocycles. The molecule has 2 atom stereocenters. The van der Waals surface area contributed by atoms with E-state index >= 15 is 0 Å². The molecule has 1 N–H and O–H groups in total. The summed E-state index contributed by atoms with van der Waals surface area (Å²) in [7, 11) is 0. The van der Waals surface area contributed by atoms with Crippen LogP contribution in [0.5, 0.6) is 0 Å². The highest BCUT2D eigenvalue weighted by Gasteiger charge is 2.23. The van der Waals surface area contributed by atoms with Gasteiger partial charge in [0.15, 0.2) is 0 Å². The van der Waals surface area contributed by atoms with Gasteiger partial charge in [-0.1, -0.05) is 60.7 Å². The molecule has 0 aromatic heterocycles. The Morgan fingerprint density at radius 2 is 1.79 bits per heavy atom. The van der Waals surface area contributed by atoms with Gasteiger partial charge in [-0.15, -0.1) is 0 Å². The van der Waals surface area contributed by atoms with Crippen molar-refractivity contribution in [3.8, 4) is 0 Å². The molecule has 0 bridgehead atoms. The first-order valence-corrected chi connectivity index (χ1v) is 8.84. The molecule has 0 spiro atoms. The lowest BCUT2D eigenvalue weighted by Gasteiger charge is -2.18. The second kappa shape index (κ2) is 8.11. The van der Waals surface area contributed by atoms with Crippen LogP contribution >= 0.6 is 0 Å². The SMILES string of the molecule is C[C@@H](NC(=O)CCN1CC[C@H](c2ccccc2)C1)c1ccccc1. The van der Waals surface area contributed by atoms with E-state index < -0.39 is 0 Å². The Bertz CT molecular complexity index is 641. The van der Waals surface area contributed by atoms with Crippen LogP contribution in [0.3, 0.4) is 0 Å². The van der Waals surface area contributed by atoms with Crippen molar-refractivity contribution in [2.24, 2.45) is 0 Å². The Balaban J connectivity index is 1.42. The highest BCUT2D eigenvalue weighted by atomic mass is 16.1. The minimum Gasteiger partial charge on any atom is -0.350 e. The summed E-state index contributed by atoms with van der Waals surface area (Å²) in [5, 5.41) is 3.10. The largest absolute Gasteiger partial charge is 0.350 e. The Hall–Kier alpha value is -2.13. The molecule has 1 aliphatic heterocycles. The first kappa shape index (κ1) is 16.7. The minimum absolute atomic E-state index is 0.0642. The predicted octanol–water partition coefficient (Wildman–Crippen LogP) is 3.74. The fourth-order valence-electron chi connectivity index (χ4n) is 3.43. The van der Waals surface area contributed by atoms with E-state index in [0.717, 1.165) is 25.2 Å². The van der Waals surface area contributed by atoms with Crippen molar-refractivity contribution < 1.29 is 4.79 Å². The Morgan fingerprint density at radius 1 is 1.12 bits per heavy atom. The Kier molecular flexibility index (Phi) is 5.65. The summed E-state index contributed by atoms with van der Waals surface area (Å²) in [6.45, 7) is 5.03. The molecular formula is C21H26N2O. The fraction of sp³-hybridized carbons (Fsp3) is 0.381. The molecule has 1 amide bonds. The molecule has 3 rings (SSSR count). The van der Waals surface area contributed by atoms with Gasteiger partial charge < -0.3 is 10.2 Å². The van der Waals surface area contributed by atoms with Gasteiger partial charge in [0.25, 0.3) is 0 Å². The lowest BCUT2D eigenvalue weighted by molar-refractivity contribution is -0.122. The first-order chi connectivity index (χ1) is 11.7. The van der Waals surface area contributed by atoms with Gasteiger partial charge in [-0.05, 0) is 36.9 Å². The van der Waals surface area contributed by atoms with Gasteiger partial charge in [-0.25, -0.2) is 0 Å². The van der Waals surface area contributed by atoms with Crippen LogP contribution in [0.25, 0.3) is 0 Å². The van der Waals surface area contributed by atoms with Crippen LogP contribution in [0, 0.1) is 0 Å². The van der Waals surface area contributed by atoms with Gasteiger partial charge in [0.2, 0.25) is 5.91 Å². The van der Waals surface area contributed by atoms with Gasteiger partial charge in [-0.2, -0.15) is 0 Å². The van der Waals surface area contributed by atoms with E-state index in [4.69, 9.17) is 0 Å². The van der Waals surface area contributed by atoms with E-state index in [0.29, 0.717) is 12.3 Å². The molecule has 24 heavy (non-hydrogen) atoms. The maximum absolute atomic E-state index is 12.2. The first-order valence-electron chi connectivity index (χ1n) is 8.84. The van der Waals surface area contributed by atoms with Crippen LogP contribution in [-0.4, -0.2) is 30.4 Å². The van der Waals surface area contributed by atoms with Crippen LogP contribution in [0.2, 0.25) is 0 Å². The zero-order valence-corrected chi connectivity index (χ0v) is 14.3. The number of nitrogens with one attached hydrogen (secondary N) is 1. The summed E-state index contributed by atoms with van der Waals surface area (Å²) in [6.07, 6.45) is 1.75. The molecule has 2 aromatic carbocycles. The number of carbonyl (C=O) groups is 1. The van der Waals surface area contributed by atoms with E-state index in [-0.39, 0.29) is 11.9 Å². The molecule has 2 aromatic rings. The number of hydrogen-bond acceptors (Lipinski definition) is 2. The number of rotatable bonds is 6. The molecule has 1 saturated heterocycles. The van der Waals surface area contributed by atoms with Gasteiger partial charge in [0, 0.05) is 19.5 Å². The summed E-state index contributed by atoms with van der Waals surface area (Å²) in [4.78, 5) is 14.6. The molecule has 3 heteroatoms. The van der Waals surface area contributed by atoms with E-state index in [1.165, 1.54) is 12.0 Å². The van der Waals surface area contributed by atoms with Gasteiger partial charge in [0.1, 0.15) is 0 Å². The zero-order valence-electron chi connectivity index (χ0n) is 14.3. The van der Waals surface area contributed by atoms with Gasteiger partial charge in [-0.3, -0.25) is 4.79 Å². The van der Waals surface area contributed by atoms with Crippen molar-refractivity contribution in [3.63, 3.8) is 0 Å². The van der Waals surface area contributed by atoms with Crippen LogP contribution in [-0.2, 0) is 4.79 Å². The summed E-state index contributed by atoms with van der Waals surface area (Å²) < 4.78 is 0. The Morgan fingerprint density at radius 3 is 2.50 bits per heavy atom. The summed E-state index contributed by atoms with van der Waals surface area (Å²) in [5.41, 5.74) is 2.57. The van der Waals surface area contributed by atoms with Crippen LogP contribution in [0.1, 0.15) is 42.9 Å². The standard InChI is InChI=1S/C21H26N2O/c1-17(18-8-4-2-5-9-18)22-21(24)13-15-23-14-12-20(16-23)19-10-6-3-7-11-19/h2-11,17,20H,12-16H2,1H3,(H,22,24)/t17-,20+/m1/s1. The zero-order chi connectivity index (χ0) is 16.8. The molecule has 1 heterocycles. The van der Waals surface area contributed by atoms with E-state index in [1.807, 2.05) is 25.1 Å². The molecule has 126 valence electrons. The maximum atomic E-state index is 12.2. The number of benzene rings is 2. The number of nitrogens with zero attached hydrogens (tertiary/aromatic N) is 1. The normalized spacial score (nSPS) is 19.1. The van der Waals surface area contributed by atoms with E-state index in [9.17, 15) is 4.79 Å². The maximum Gasteiger partial charge on any atom is 0.221 e. The quantitative estimate of drug-likeness (QED) is 0.878. The second-order valence-electron chi connectivity index (χ2n) is 6.65. The van der Waals surface area contributed by atoms with Crippen molar-refractivity contribution in [1.82, 2.24) is 10.2 Å². The lowest BCUT2D eigenvalue weighted by atomic mass is 9.99. The number of carbonyl (C=O) groups excluding carboxylic acids is 1. The lowest BCUT2D eigenvalue weighted by Crippen LogP contribution is -2.31.